The lowest BCUT2D eigenvalue weighted by Crippen LogP contribution is -2.60. The maximum Gasteiger partial charge on any atom is 0.328 e. The summed E-state index contributed by atoms with van der Waals surface area (Å²) in [6, 6.07) is -8.50. The van der Waals surface area contributed by atoms with Crippen LogP contribution in [0.5, 0.6) is 0 Å². The second-order valence-electron chi connectivity index (χ2n) is 15.1. The minimum absolute atomic E-state index is 0.0974. The number of amides is 6. The lowest BCUT2D eigenvalue weighted by Gasteiger charge is -2.31. The van der Waals surface area contributed by atoms with Crippen LogP contribution in [-0.4, -0.2) is 146 Å². The number of nitrogens with two attached hydrogens (primary N) is 5. The van der Waals surface area contributed by atoms with E-state index in [0.717, 1.165) is 0 Å². The van der Waals surface area contributed by atoms with Gasteiger partial charge in [0.05, 0.1) is 18.5 Å². The van der Waals surface area contributed by atoms with Crippen LogP contribution in [0, 0.1) is 5.92 Å². The van der Waals surface area contributed by atoms with E-state index in [2.05, 4.69) is 46.5 Å². The summed E-state index contributed by atoms with van der Waals surface area (Å²) in [4.78, 5) is 109. The zero-order chi connectivity index (χ0) is 45.1. The Morgan fingerprint density at radius 1 is 0.833 bits per heavy atom. The number of aliphatic hydroxyl groups is 1. The first kappa shape index (κ1) is 50.1. The van der Waals surface area contributed by atoms with Crippen molar-refractivity contribution in [2.75, 3.05) is 19.6 Å². The number of carboxylic acid groups (broad SMARTS) is 1. The summed E-state index contributed by atoms with van der Waals surface area (Å²) >= 11 is 0. The fourth-order valence-electron chi connectivity index (χ4n) is 6.31. The van der Waals surface area contributed by atoms with Gasteiger partial charge in [-0.1, -0.05) is 13.8 Å². The van der Waals surface area contributed by atoms with E-state index in [-0.39, 0.29) is 69.6 Å². The minimum Gasteiger partial charge on any atom is -0.480 e. The van der Waals surface area contributed by atoms with Crippen molar-refractivity contribution in [1.29, 1.82) is 0 Å². The Morgan fingerprint density at radius 3 is 1.98 bits per heavy atom. The van der Waals surface area contributed by atoms with Crippen LogP contribution in [0.2, 0.25) is 0 Å². The first-order valence-corrected chi connectivity index (χ1v) is 19.8. The monoisotopic (exact) mass is 849 g/mol. The number of aliphatic carboxylic acids is 1. The topological polar surface area (TPSA) is 407 Å². The average Bonchev–Trinajstić information content (AvgIpc) is 3.88. The highest BCUT2D eigenvalue weighted by Gasteiger charge is 2.40. The van der Waals surface area contributed by atoms with E-state index in [1.807, 2.05) is 13.8 Å². The number of nitrogens with zero attached hydrogens (tertiary/aromatic N) is 4. The molecule has 6 amide bonds. The maximum absolute atomic E-state index is 14.1. The molecule has 0 bridgehead atoms. The van der Waals surface area contributed by atoms with Gasteiger partial charge in [0.2, 0.25) is 35.4 Å². The third kappa shape index (κ3) is 17.1. The molecule has 0 aliphatic carbocycles. The number of aliphatic hydroxyl groups excluding tert-OH is 1. The first-order valence-electron chi connectivity index (χ1n) is 19.8. The van der Waals surface area contributed by atoms with Crippen LogP contribution in [0.15, 0.2) is 22.5 Å². The molecule has 24 heteroatoms. The van der Waals surface area contributed by atoms with Crippen molar-refractivity contribution in [2.45, 2.75) is 127 Å². The number of carbonyl (C=O) groups excluding carboxylic acids is 6. The van der Waals surface area contributed by atoms with Crippen molar-refractivity contribution in [3.05, 3.63) is 18.2 Å². The number of guanidine groups is 2. The molecular formula is C36H63N15O9. The predicted molar refractivity (Wildman–Crippen MR) is 219 cm³/mol. The van der Waals surface area contributed by atoms with Gasteiger partial charge in [-0.25, -0.2) is 9.78 Å². The van der Waals surface area contributed by atoms with Gasteiger partial charge in [0.25, 0.3) is 0 Å². The smallest absolute Gasteiger partial charge is 0.328 e. The molecule has 60 heavy (non-hydrogen) atoms. The molecule has 1 aliphatic rings. The minimum atomic E-state index is -1.64. The summed E-state index contributed by atoms with van der Waals surface area (Å²) in [5.41, 5.74) is 28.2. The van der Waals surface area contributed by atoms with E-state index >= 15 is 0 Å². The zero-order valence-electron chi connectivity index (χ0n) is 34.6. The Bertz CT molecular complexity index is 1660. The van der Waals surface area contributed by atoms with Gasteiger partial charge in [-0.2, -0.15) is 0 Å². The summed E-state index contributed by atoms with van der Waals surface area (Å²) in [5, 5.41) is 31.8. The molecule has 1 aromatic rings. The Morgan fingerprint density at radius 2 is 1.43 bits per heavy atom. The van der Waals surface area contributed by atoms with Crippen molar-refractivity contribution >= 4 is 53.3 Å². The fourth-order valence-corrected chi connectivity index (χ4v) is 6.31. The second-order valence-corrected chi connectivity index (χ2v) is 15.1. The highest BCUT2D eigenvalue weighted by Crippen LogP contribution is 2.21. The van der Waals surface area contributed by atoms with Crippen LogP contribution in [0.1, 0.15) is 78.3 Å². The molecule has 1 saturated heterocycles. The second kappa shape index (κ2) is 24.8. The van der Waals surface area contributed by atoms with Gasteiger partial charge in [-0.3, -0.25) is 38.8 Å². The number of hydrogen-bond donors (Lipinski definition) is 13. The number of H-pyrrole nitrogens is 1. The molecule has 24 nitrogen and oxygen atoms in total. The van der Waals surface area contributed by atoms with Crippen molar-refractivity contribution in [3.8, 4) is 0 Å². The summed E-state index contributed by atoms with van der Waals surface area (Å²) in [6.07, 6.45) is 3.15. The lowest BCUT2D eigenvalue weighted by atomic mass is 10.0. The summed E-state index contributed by atoms with van der Waals surface area (Å²) in [5.74, 6) is -6.06. The fraction of sp³-hybridized carbons (Fsp3) is 0.667. The molecule has 0 radical (unpaired) electrons. The third-order valence-electron chi connectivity index (χ3n) is 9.45. The number of rotatable bonds is 25. The van der Waals surface area contributed by atoms with E-state index in [9.17, 15) is 43.8 Å². The van der Waals surface area contributed by atoms with Gasteiger partial charge in [0.15, 0.2) is 18.0 Å². The molecule has 0 spiro atoms. The molecule has 0 unspecified atom stereocenters. The van der Waals surface area contributed by atoms with Crippen LogP contribution < -0.4 is 55.3 Å². The first-order chi connectivity index (χ1) is 28.2. The number of aromatic nitrogens is 2. The number of carbonyl (C=O) groups is 7. The molecular weight excluding hydrogens is 786 g/mol. The van der Waals surface area contributed by atoms with Gasteiger partial charge >= 0.3 is 5.97 Å². The van der Waals surface area contributed by atoms with Gasteiger partial charge < -0.3 is 75.3 Å². The number of carboxylic acids is 1. The molecule has 8 atom stereocenters. The zero-order valence-corrected chi connectivity index (χ0v) is 34.6. The Hall–Kier alpha value is -6.04. The molecule has 18 N–H and O–H groups in total. The summed E-state index contributed by atoms with van der Waals surface area (Å²) in [6.45, 7) is 6.74. The molecule has 1 aliphatic heterocycles. The molecule has 0 aromatic carbocycles. The molecule has 2 heterocycles. The summed E-state index contributed by atoms with van der Waals surface area (Å²) in [7, 11) is 0. The Labute approximate surface area is 348 Å². The number of imidazole rings is 1. The van der Waals surface area contributed by atoms with Crippen LogP contribution in [0.3, 0.4) is 0 Å². The number of aromatic amines is 1. The van der Waals surface area contributed by atoms with Crippen LogP contribution in [0.4, 0.5) is 0 Å². The Balaban J connectivity index is 2.26. The van der Waals surface area contributed by atoms with E-state index in [1.165, 1.54) is 31.3 Å². The van der Waals surface area contributed by atoms with Gasteiger partial charge in [-0.15, -0.1) is 0 Å². The quantitative estimate of drug-likeness (QED) is 0.0250. The van der Waals surface area contributed by atoms with Crippen molar-refractivity contribution in [1.82, 2.24) is 41.5 Å². The van der Waals surface area contributed by atoms with E-state index in [4.69, 9.17) is 28.7 Å². The predicted octanol–water partition coefficient (Wildman–Crippen LogP) is -4.67. The molecule has 2 rings (SSSR count). The average molecular weight is 850 g/mol. The van der Waals surface area contributed by atoms with Gasteiger partial charge in [-0.05, 0) is 64.7 Å². The van der Waals surface area contributed by atoms with E-state index in [0.29, 0.717) is 25.0 Å². The standard InChI is InChI=1S/C36H63N15O9/c1-18(2)14-24(31(56)48-25(15-21-16-42-17-45-21)30(55)46-19(3)28(53)50-27(20(4)52)34(59)60)49-32(57)26-10-7-13-51(26)33(58)23(9-6-12-44-36(40)41)47-29(54)22(37)8-5-11-43-35(38)39/h16-20,22-27,52H,5-15,37H2,1-4H3,(H,42,45)(H,46,55)(H,47,54)(H,48,56)(H,49,57)(H,50,53)(H,59,60)(H4,38,39,43)(H4,40,41,44)/t19-,20+,22-,23-,24-,25-,26-,27-/m0/s1. The van der Waals surface area contributed by atoms with Crippen LogP contribution in [0.25, 0.3) is 0 Å². The van der Waals surface area contributed by atoms with Gasteiger partial charge in [0, 0.05) is 37.9 Å². The highest BCUT2D eigenvalue weighted by molar-refractivity contribution is 5.97. The van der Waals surface area contributed by atoms with E-state index < -0.39 is 89.8 Å². The lowest BCUT2D eigenvalue weighted by molar-refractivity contribution is -0.145. The molecule has 1 fully saturated rings. The maximum atomic E-state index is 14.1. The molecule has 1 aromatic heterocycles. The number of nitrogens with one attached hydrogen (secondary N) is 6. The summed E-state index contributed by atoms with van der Waals surface area (Å²) < 4.78 is 0. The normalized spacial score (nSPS) is 17.1. The molecule has 336 valence electrons. The molecule has 0 saturated carbocycles. The van der Waals surface area contributed by atoms with Crippen LogP contribution >= 0.6 is 0 Å². The van der Waals surface area contributed by atoms with Crippen LogP contribution in [-0.2, 0) is 40.0 Å². The van der Waals surface area contributed by atoms with E-state index in [1.54, 1.807) is 0 Å². The highest BCUT2D eigenvalue weighted by atomic mass is 16.4. The van der Waals surface area contributed by atoms with Crippen molar-refractivity contribution in [3.63, 3.8) is 0 Å². The van der Waals surface area contributed by atoms with Gasteiger partial charge in [0.1, 0.15) is 30.2 Å². The van der Waals surface area contributed by atoms with Crippen molar-refractivity contribution in [2.24, 2.45) is 44.6 Å². The third-order valence-corrected chi connectivity index (χ3v) is 9.45. The number of likely N-dealkylation sites (tertiary alicyclic amines) is 1. The Kier molecular flexibility index (Phi) is 20.7. The SMILES string of the molecule is CC(C)C[C@H](NC(=O)[C@@H]1CCCN1C(=O)[C@H](CCCN=C(N)N)NC(=O)[C@@H](N)CCCN=C(N)N)C(=O)N[C@@H](Cc1cnc[nH]1)C(=O)N[C@@H](C)C(=O)N[C@H](C(=O)O)[C@@H](C)O. The number of aliphatic imine (C=N–C) groups is 2. The number of hydrogen-bond acceptors (Lipinski definition) is 12. The largest absolute Gasteiger partial charge is 0.480 e. The van der Waals surface area contributed by atoms with Crippen molar-refractivity contribution < 1.29 is 43.8 Å².